The highest BCUT2D eigenvalue weighted by Gasteiger charge is 2.31. The van der Waals surface area contributed by atoms with Gasteiger partial charge in [0.2, 0.25) is 0 Å². The van der Waals surface area contributed by atoms with Gasteiger partial charge in [0.1, 0.15) is 0 Å². The van der Waals surface area contributed by atoms with Gasteiger partial charge in [0.25, 0.3) is 0 Å². The van der Waals surface area contributed by atoms with Crippen LogP contribution < -0.4 is 5.32 Å². The second-order valence-electron chi connectivity index (χ2n) is 6.22. The second kappa shape index (κ2) is 7.94. The first-order valence-electron chi connectivity index (χ1n) is 8.07. The van der Waals surface area contributed by atoms with Crippen LogP contribution >= 0.6 is 23.5 Å². The minimum Gasteiger partial charge on any atom is -0.313 e. The van der Waals surface area contributed by atoms with E-state index in [0.29, 0.717) is 6.04 Å². The molecule has 0 bridgehead atoms. The summed E-state index contributed by atoms with van der Waals surface area (Å²) in [6, 6.07) is 7.44. The molecule has 0 aromatic heterocycles. The van der Waals surface area contributed by atoms with E-state index in [1.54, 1.807) is 0 Å². The maximum Gasteiger partial charge on any atom is 0.0298 e. The first kappa shape index (κ1) is 17.2. The van der Waals surface area contributed by atoms with Crippen LogP contribution in [-0.4, -0.2) is 34.1 Å². The molecule has 1 nitrogen and oxygen atoms in total. The lowest BCUT2D eigenvalue weighted by molar-refractivity contribution is 0.519. The largest absolute Gasteiger partial charge is 0.313 e. The van der Waals surface area contributed by atoms with Crippen molar-refractivity contribution in [2.45, 2.75) is 62.8 Å². The maximum atomic E-state index is 3.75. The lowest BCUT2D eigenvalue weighted by Gasteiger charge is -2.36. The van der Waals surface area contributed by atoms with Gasteiger partial charge in [-0.25, -0.2) is 0 Å². The van der Waals surface area contributed by atoms with Crippen LogP contribution in [0.25, 0.3) is 0 Å². The third-order valence-corrected chi connectivity index (χ3v) is 7.98. The molecule has 4 atom stereocenters. The van der Waals surface area contributed by atoms with Crippen LogP contribution in [0, 0.1) is 13.8 Å². The number of thioether (sulfide) groups is 2. The number of benzene rings is 1. The van der Waals surface area contributed by atoms with Gasteiger partial charge in [-0.1, -0.05) is 44.5 Å². The molecule has 1 N–H and O–H groups in total. The predicted molar refractivity (Wildman–Crippen MR) is 99.8 cm³/mol. The SMILES string of the molecule is CCNC(Cc1cc(C)ccc1C)C1CSC(C)C(C)S1. The molecule has 118 valence electrons. The molecular formula is C18H29NS2. The minimum atomic E-state index is 0.586. The minimum absolute atomic E-state index is 0.586. The van der Waals surface area contributed by atoms with E-state index in [2.05, 4.69) is 81.7 Å². The standard InChI is InChI=1S/C18H29NS2/c1-6-19-17(18-11-20-14(4)15(5)21-18)10-16-9-12(2)7-8-13(16)3/h7-9,14-15,17-19H,6,10-11H2,1-5H3. The number of rotatable bonds is 5. The fraction of sp³-hybridized carbons (Fsp3) is 0.667. The summed E-state index contributed by atoms with van der Waals surface area (Å²) in [6.07, 6.45) is 1.15. The average molecular weight is 324 g/mol. The third-order valence-electron chi connectivity index (χ3n) is 4.43. The average Bonchev–Trinajstić information content (AvgIpc) is 2.45. The van der Waals surface area contributed by atoms with Gasteiger partial charge >= 0.3 is 0 Å². The highest BCUT2D eigenvalue weighted by molar-refractivity contribution is 8.07. The van der Waals surface area contributed by atoms with E-state index in [0.717, 1.165) is 28.7 Å². The Labute approximate surface area is 139 Å². The lowest BCUT2D eigenvalue weighted by atomic mass is 9.97. The Kier molecular flexibility index (Phi) is 6.51. The van der Waals surface area contributed by atoms with Crippen molar-refractivity contribution in [2.24, 2.45) is 0 Å². The van der Waals surface area contributed by atoms with Crippen LogP contribution in [0.3, 0.4) is 0 Å². The van der Waals surface area contributed by atoms with E-state index in [4.69, 9.17) is 0 Å². The monoisotopic (exact) mass is 323 g/mol. The maximum absolute atomic E-state index is 3.75. The van der Waals surface area contributed by atoms with E-state index < -0.39 is 0 Å². The van der Waals surface area contributed by atoms with Crippen molar-refractivity contribution >= 4 is 23.5 Å². The molecule has 2 rings (SSSR count). The van der Waals surface area contributed by atoms with Gasteiger partial charge in [-0.3, -0.25) is 0 Å². The van der Waals surface area contributed by atoms with Gasteiger partial charge in [-0.05, 0) is 37.9 Å². The van der Waals surface area contributed by atoms with Crippen molar-refractivity contribution in [1.29, 1.82) is 0 Å². The number of aryl methyl sites for hydroxylation is 2. The van der Waals surface area contributed by atoms with Crippen LogP contribution in [-0.2, 0) is 6.42 Å². The van der Waals surface area contributed by atoms with Gasteiger partial charge in [0.15, 0.2) is 0 Å². The molecule has 1 saturated heterocycles. The summed E-state index contributed by atoms with van der Waals surface area (Å²) in [4.78, 5) is 0. The summed E-state index contributed by atoms with van der Waals surface area (Å²) in [5, 5.41) is 6.02. The quantitative estimate of drug-likeness (QED) is 0.860. The molecule has 4 unspecified atom stereocenters. The molecule has 0 spiro atoms. The van der Waals surface area contributed by atoms with Crippen molar-refractivity contribution in [3.63, 3.8) is 0 Å². The van der Waals surface area contributed by atoms with E-state index in [-0.39, 0.29) is 0 Å². The third kappa shape index (κ3) is 4.67. The molecule has 0 radical (unpaired) electrons. The van der Waals surface area contributed by atoms with Gasteiger partial charge < -0.3 is 5.32 Å². The predicted octanol–water partition coefficient (Wildman–Crippen LogP) is 4.45. The molecule has 1 aromatic rings. The Bertz CT molecular complexity index is 461. The lowest BCUT2D eigenvalue weighted by Crippen LogP contribution is -2.44. The zero-order valence-corrected chi connectivity index (χ0v) is 15.6. The van der Waals surface area contributed by atoms with Crippen LogP contribution in [0.15, 0.2) is 18.2 Å². The fourth-order valence-corrected chi connectivity index (χ4v) is 6.00. The summed E-state index contributed by atoms with van der Waals surface area (Å²) in [7, 11) is 0. The van der Waals surface area contributed by atoms with Crippen LogP contribution in [0.5, 0.6) is 0 Å². The smallest absolute Gasteiger partial charge is 0.0298 e. The van der Waals surface area contributed by atoms with Gasteiger partial charge in [0, 0.05) is 27.5 Å². The topological polar surface area (TPSA) is 12.0 Å². The highest BCUT2D eigenvalue weighted by Crippen LogP contribution is 2.37. The molecule has 1 aromatic carbocycles. The summed E-state index contributed by atoms with van der Waals surface area (Å²) >= 11 is 4.33. The molecule has 1 heterocycles. The van der Waals surface area contributed by atoms with E-state index in [9.17, 15) is 0 Å². The molecule has 0 amide bonds. The van der Waals surface area contributed by atoms with Crippen molar-refractivity contribution < 1.29 is 0 Å². The first-order chi connectivity index (χ1) is 10.0. The van der Waals surface area contributed by atoms with Gasteiger partial charge in [0.05, 0.1) is 0 Å². The van der Waals surface area contributed by atoms with Gasteiger partial charge in [-0.15, -0.1) is 0 Å². The summed E-state index contributed by atoms with van der Waals surface area (Å²) in [5.41, 5.74) is 4.31. The number of likely N-dealkylation sites (N-methyl/N-ethyl adjacent to an activating group) is 1. The number of hydrogen-bond acceptors (Lipinski definition) is 3. The highest BCUT2D eigenvalue weighted by atomic mass is 32.2. The van der Waals surface area contributed by atoms with E-state index in [1.165, 1.54) is 22.4 Å². The molecule has 3 heteroatoms. The van der Waals surface area contributed by atoms with Crippen molar-refractivity contribution in [1.82, 2.24) is 5.32 Å². The Morgan fingerprint density at radius 2 is 2.00 bits per heavy atom. The van der Waals surface area contributed by atoms with Gasteiger partial charge in [-0.2, -0.15) is 23.5 Å². The molecule has 1 fully saturated rings. The van der Waals surface area contributed by atoms with E-state index >= 15 is 0 Å². The van der Waals surface area contributed by atoms with Crippen molar-refractivity contribution in [3.05, 3.63) is 34.9 Å². The normalized spacial score (nSPS) is 27.6. The van der Waals surface area contributed by atoms with Crippen LogP contribution in [0.1, 0.15) is 37.5 Å². The van der Waals surface area contributed by atoms with E-state index in [1.807, 2.05) is 0 Å². The first-order valence-corrected chi connectivity index (χ1v) is 10.1. The zero-order chi connectivity index (χ0) is 15.4. The molecular weight excluding hydrogens is 294 g/mol. The molecule has 0 saturated carbocycles. The fourth-order valence-electron chi connectivity index (χ4n) is 2.87. The second-order valence-corrected chi connectivity index (χ2v) is 9.25. The van der Waals surface area contributed by atoms with Crippen molar-refractivity contribution in [2.75, 3.05) is 12.3 Å². The number of nitrogens with one attached hydrogen (secondary N) is 1. The zero-order valence-electron chi connectivity index (χ0n) is 14.0. The number of hydrogen-bond donors (Lipinski definition) is 1. The molecule has 21 heavy (non-hydrogen) atoms. The summed E-state index contributed by atoms with van der Waals surface area (Å²) < 4.78 is 0. The molecule has 1 aliphatic rings. The molecule has 0 aliphatic carbocycles. The Morgan fingerprint density at radius 3 is 2.67 bits per heavy atom. The van der Waals surface area contributed by atoms with Crippen LogP contribution in [0.4, 0.5) is 0 Å². The summed E-state index contributed by atoms with van der Waals surface area (Å²) in [6.45, 7) is 12.5. The van der Waals surface area contributed by atoms with Crippen LogP contribution in [0.2, 0.25) is 0 Å². The Hall–Kier alpha value is -0.120. The Balaban J connectivity index is 2.10. The summed E-state index contributed by atoms with van der Waals surface area (Å²) in [5.74, 6) is 1.28. The van der Waals surface area contributed by atoms with Crippen molar-refractivity contribution in [3.8, 4) is 0 Å². The molecule has 1 aliphatic heterocycles. The Morgan fingerprint density at radius 1 is 1.24 bits per heavy atom.